The Balaban J connectivity index is 2.40. The van der Waals surface area contributed by atoms with Gasteiger partial charge in [-0.3, -0.25) is 10.1 Å². The molecule has 1 amide bonds. The van der Waals surface area contributed by atoms with Gasteiger partial charge in [-0.05, 0) is 42.8 Å². The van der Waals surface area contributed by atoms with E-state index in [9.17, 15) is 14.9 Å². The highest BCUT2D eigenvalue weighted by Crippen LogP contribution is 2.28. The first-order valence-corrected chi connectivity index (χ1v) is 7.02. The lowest BCUT2D eigenvalue weighted by Gasteiger charge is -2.19. The number of carbonyl (C=O) groups is 1. The van der Waals surface area contributed by atoms with Gasteiger partial charge in [0, 0.05) is 12.1 Å². The van der Waals surface area contributed by atoms with Gasteiger partial charge in [-0.25, -0.2) is 4.79 Å². The summed E-state index contributed by atoms with van der Waals surface area (Å²) in [5.74, 6) is 0.464. The van der Waals surface area contributed by atoms with Gasteiger partial charge in [0.05, 0.1) is 15.9 Å². The molecule has 0 aliphatic carbocycles. The van der Waals surface area contributed by atoms with Crippen LogP contribution < -0.4 is 10.1 Å². The number of nitro benzene ring substituents is 1. The van der Waals surface area contributed by atoms with Gasteiger partial charge in [0.15, 0.2) is 0 Å². The number of alkyl carbamates (subject to hydrolysis) is 1. The van der Waals surface area contributed by atoms with Gasteiger partial charge in [0.1, 0.15) is 18.0 Å². The molecule has 8 heteroatoms. The molecule has 0 radical (unpaired) electrons. The van der Waals surface area contributed by atoms with Crippen LogP contribution in [0.4, 0.5) is 10.5 Å². The van der Waals surface area contributed by atoms with Crippen molar-refractivity contribution in [1.29, 1.82) is 0 Å². The van der Waals surface area contributed by atoms with Crippen LogP contribution in [0, 0.1) is 10.1 Å². The van der Waals surface area contributed by atoms with E-state index in [-0.39, 0.29) is 18.8 Å². The number of nitrogens with zero attached hydrogens (tertiary/aromatic N) is 1. The predicted octanol–water partition coefficient (Wildman–Crippen LogP) is 3.26. The SMILES string of the molecule is CC(C)(C)OC(=O)NCCOc1ccc([N+](=O)[O-])cc1Br. The molecule has 0 fully saturated rings. The molecule has 0 bridgehead atoms. The molecule has 1 N–H and O–H groups in total. The second-order valence-corrected chi connectivity index (χ2v) is 6.00. The van der Waals surface area contributed by atoms with Gasteiger partial charge in [0.25, 0.3) is 5.69 Å². The number of amides is 1. The summed E-state index contributed by atoms with van der Waals surface area (Å²) < 4.78 is 11.0. The molecule has 0 unspecified atom stereocenters. The van der Waals surface area contributed by atoms with Crippen LogP contribution in [-0.2, 0) is 4.74 Å². The van der Waals surface area contributed by atoms with Crippen molar-refractivity contribution in [1.82, 2.24) is 5.32 Å². The smallest absolute Gasteiger partial charge is 0.407 e. The van der Waals surface area contributed by atoms with Crippen molar-refractivity contribution in [3.05, 3.63) is 32.8 Å². The van der Waals surface area contributed by atoms with Crippen LogP contribution in [-0.4, -0.2) is 29.8 Å². The molecule has 7 nitrogen and oxygen atoms in total. The highest BCUT2D eigenvalue weighted by molar-refractivity contribution is 9.10. The molecular formula is C13H17BrN2O5. The molecule has 116 valence electrons. The van der Waals surface area contributed by atoms with Crippen LogP contribution in [0.2, 0.25) is 0 Å². The van der Waals surface area contributed by atoms with Crippen LogP contribution in [0.15, 0.2) is 22.7 Å². The molecule has 0 saturated heterocycles. The summed E-state index contributed by atoms with van der Waals surface area (Å²) in [5, 5.41) is 13.1. The summed E-state index contributed by atoms with van der Waals surface area (Å²) in [6.45, 7) is 5.80. The third-order valence-corrected chi connectivity index (χ3v) is 2.77. The maximum Gasteiger partial charge on any atom is 0.407 e. The van der Waals surface area contributed by atoms with E-state index in [2.05, 4.69) is 21.2 Å². The number of nitro groups is 1. The normalized spacial score (nSPS) is 10.9. The van der Waals surface area contributed by atoms with Crippen molar-refractivity contribution >= 4 is 27.7 Å². The van der Waals surface area contributed by atoms with Gasteiger partial charge < -0.3 is 14.8 Å². The molecule has 0 spiro atoms. The van der Waals surface area contributed by atoms with Crippen molar-refractivity contribution in [2.75, 3.05) is 13.2 Å². The first-order chi connectivity index (χ1) is 9.69. The van der Waals surface area contributed by atoms with Crippen molar-refractivity contribution in [3.8, 4) is 5.75 Å². The molecule has 21 heavy (non-hydrogen) atoms. The van der Waals surface area contributed by atoms with E-state index in [1.807, 2.05) is 0 Å². The van der Waals surface area contributed by atoms with E-state index in [1.54, 1.807) is 20.8 Å². The van der Waals surface area contributed by atoms with Crippen LogP contribution >= 0.6 is 15.9 Å². The fraction of sp³-hybridized carbons (Fsp3) is 0.462. The third kappa shape index (κ3) is 6.44. The zero-order chi connectivity index (χ0) is 16.0. The summed E-state index contributed by atoms with van der Waals surface area (Å²) in [4.78, 5) is 21.5. The van der Waals surface area contributed by atoms with Crippen molar-refractivity contribution < 1.29 is 19.2 Å². The number of ether oxygens (including phenoxy) is 2. The Morgan fingerprint density at radius 2 is 2.10 bits per heavy atom. The fourth-order valence-electron chi connectivity index (χ4n) is 1.35. The highest BCUT2D eigenvalue weighted by atomic mass is 79.9. The second kappa shape index (κ2) is 7.26. The largest absolute Gasteiger partial charge is 0.491 e. The van der Waals surface area contributed by atoms with Gasteiger partial charge >= 0.3 is 6.09 Å². The Morgan fingerprint density at radius 3 is 2.62 bits per heavy atom. The average molecular weight is 361 g/mol. The maximum atomic E-state index is 11.4. The van der Waals surface area contributed by atoms with Gasteiger partial charge in [-0.2, -0.15) is 0 Å². The Labute approximate surface area is 130 Å². The van der Waals surface area contributed by atoms with Crippen LogP contribution in [0.5, 0.6) is 5.75 Å². The zero-order valence-corrected chi connectivity index (χ0v) is 13.6. The van der Waals surface area contributed by atoms with Crippen LogP contribution in [0.1, 0.15) is 20.8 Å². The Bertz CT molecular complexity index is 528. The van der Waals surface area contributed by atoms with Gasteiger partial charge in [-0.1, -0.05) is 0 Å². The van der Waals surface area contributed by atoms with E-state index < -0.39 is 16.6 Å². The maximum absolute atomic E-state index is 11.4. The molecule has 0 aromatic heterocycles. The Kier molecular flexibility index (Phi) is 5.95. The molecule has 0 aliphatic heterocycles. The number of non-ortho nitro benzene ring substituents is 1. The van der Waals surface area contributed by atoms with E-state index in [1.165, 1.54) is 18.2 Å². The first-order valence-electron chi connectivity index (χ1n) is 6.22. The van der Waals surface area contributed by atoms with Crippen LogP contribution in [0.25, 0.3) is 0 Å². The number of hydrogen-bond donors (Lipinski definition) is 1. The number of hydrogen-bond acceptors (Lipinski definition) is 5. The summed E-state index contributed by atoms with van der Waals surface area (Å²) in [7, 11) is 0. The Morgan fingerprint density at radius 1 is 1.43 bits per heavy atom. The Hall–Kier alpha value is -1.83. The lowest BCUT2D eigenvalue weighted by molar-refractivity contribution is -0.385. The van der Waals surface area contributed by atoms with Crippen molar-refractivity contribution in [3.63, 3.8) is 0 Å². The van der Waals surface area contributed by atoms with Crippen molar-refractivity contribution in [2.24, 2.45) is 0 Å². The summed E-state index contributed by atoms with van der Waals surface area (Å²) in [5.41, 5.74) is -0.576. The minimum atomic E-state index is -0.549. The molecule has 1 aromatic carbocycles. The summed E-state index contributed by atoms with van der Waals surface area (Å²) in [6, 6.07) is 4.20. The number of carbonyl (C=O) groups excluding carboxylic acids is 1. The number of nitrogens with one attached hydrogen (secondary N) is 1. The quantitative estimate of drug-likeness (QED) is 0.494. The molecule has 0 aliphatic rings. The lowest BCUT2D eigenvalue weighted by Crippen LogP contribution is -2.34. The van der Waals surface area contributed by atoms with E-state index in [4.69, 9.17) is 9.47 Å². The molecule has 1 aromatic rings. The fourth-order valence-corrected chi connectivity index (χ4v) is 1.83. The highest BCUT2D eigenvalue weighted by Gasteiger charge is 2.15. The standard InChI is InChI=1S/C13H17BrN2O5/c1-13(2,3)21-12(17)15-6-7-20-11-5-4-9(16(18)19)8-10(11)14/h4-5,8H,6-7H2,1-3H3,(H,15,17). The average Bonchev–Trinajstić information content (AvgIpc) is 2.33. The molecule has 0 heterocycles. The zero-order valence-electron chi connectivity index (χ0n) is 12.0. The topological polar surface area (TPSA) is 90.7 Å². The molecular weight excluding hydrogens is 344 g/mol. The number of rotatable bonds is 5. The molecule has 0 saturated carbocycles. The first kappa shape index (κ1) is 17.2. The second-order valence-electron chi connectivity index (χ2n) is 5.15. The minimum absolute atomic E-state index is 0.0268. The van der Waals surface area contributed by atoms with Gasteiger partial charge in [-0.15, -0.1) is 0 Å². The van der Waals surface area contributed by atoms with Gasteiger partial charge in [0.2, 0.25) is 0 Å². The number of benzene rings is 1. The monoisotopic (exact) mass is 360 g/mol. The lowest BCUT2D eigenvalue weighted by atomic mass is 10.2. The third-order valence-electron chi connectivity index (χ3n) is 2.15. The number of halogens is 1. The summed E-state index contributed by atoms with van der Waals surface area (Å²) >= 11 is 3.19. The minimum Gasteiger partial charge on any atom is -0.491 e. The van der Waals surface area contributed by atoms with E-state index >= 15 is 0 Å². The molecule has 1 rings (SSSR count). The summed E-state index contributed by atoms with van der Waals surface area (Å²) in [6.07, 6.45) is -0.520. The van der Waals surface area contributed by atoms with E-state index in [0.29, 0.717) is 10.2 Å². The van der Waals surface area contributed by atoms with E-state index in [0.717, 1.165) is 0 Å². The van der Waals surface area contributed by atoms with Crippen molar-refractivity contribution in [2.45, 2.75) is 26.4 Å². The van der Waals surface area contributed by atoms with Crippen LogP contribution in [0.3, 0.4) is 0 Å². The molecule has 0 atom stereocenters. The predicted molar refractivity (Wildman–Crippen MR) is 80.5 cm³/mol.